The molecule has 0 spiro atoms. The van der Waals surface area contributed by atoms with Crippen LogP contribution in [0, 0.1) is 24.6 Å². The topological polar surface area (TPSA) is 15.3 Å². The van der Waals surface area contributed by atoms with E-state index >= 15 is 0 Å². The Hall–Kier alpha value is -0.640. The SMILES string of the molecule is Cc1ccc(F)cc1CN1CCC2CNCC2C1.Cl. The normalized spacial score (nSPS) is 26.8. The number of piperidine rings is 1. The molecular weight excluding hydrogens is 263 g/mol. The fourth-order valence-electron chi connectivity index (χ4n) is 3.31. The maximum atomic E-state index is 13.3. The van der Waals surface area contributed by atoms with Crippen molar-refractivity contribution < 1.29 is 4.39 Å². The number of nitrogens with zero attached hydrogens (tertiary/aromatic N) is 1. The lowest BCUT2D eigenvalue weighted by atomic mass is 9.88. The van der Waals surface area contributed by atoms with Gasteiger partial charge in [-0.25, -0.2) is 4.39 Å². The summed E-state index contributed by atoms with van der Waals surface area (Å²) < 4.78 is 13.3. The van der Waals surface area contributed by atoms with Crippen molar-refractivity contribution in [2.45, 2.75) is 19.9 Å². The second-order valence-corrected chi connectivity index (χ2v) is 5.77. The third-order valence-corrected chi connectivity index (χ3v) is 4.49. The van der Waals surface area contributed by atoms with E-state index < -0.39 is 0 Å². The standard InChI is InChI=1S/C15H21FN2.ClH/c1-11-2-3-15(16)6-13(11)9-18-5-4-12-7-17-8-14(12)10-18;/h2-3,6,12,14,17H,4-5,7-10H2,1H3;1H. The molecule has 2 heterocycles. The lowest BCUT2D eigenvalue weighted by Crippen LogP contribution is -2.39. The molecule has 0 amide bonds. The Morgan fingerprint density at radius 1 is 1.32 bits per heavy atom. The van der Waals surface area contributed by atoms with E-state index in [1.165, 1.54) is 18.5 Å². The number of aryl methyl sites for hydroxylation is 1. The molecule has 2 atom stereocenters. The first-order valence-corrected chi connectivity index (χ1v) is 6.90. The van der Waals surface area contributed by atoms with Gasteiger partial charge in [0.15, 0.2) is 0 Å². The van der Waals surface area contributed by atoms with Gasteiger partial charge < -0.3 is 5.32 Å². The highest BCUT2D eigenvalue weighted by Crippen LogP contribution is 2.27. The van der Waals surface area contributed by atoms with Crippen LogP contribution in [0.25, 0.3) is 0 Å². The van der Waals surface area contributed by atoms with E-state index in [-0.39, 0.29) is 18.2 Å². The molecule has 2 fully saturated rings. The monoisotopic (exact) mass is 284 g/mol. The minimum Gasteiger partial charge on any atom is -0.316 e. The Kier molecular flexibility index (Phi) is 4.82. The maximum absolute atomic E-state index is 13.3. The lowest BCUT2D eigenvalue weighted by Gasteiger charge is -2.34. The van der Waals surface area contributed by atoms with Crippen molar-refractivity contribution in [3.05, 3.63) is 35.1 Å². The van der Waals surface area contributed by atoms with Gasteiger partial charge in [-0.1, -0.05) is 6.07 Å². The van der Waals surface area contributed by atoms with Gasteiger partial charge in [-0.3, -0.25) is 4.90 Å². The van der Waals surface area contributed by atoms with Gasteiger partial charge in [-0.05, 0) is 68.1 Å². The van der Waals surface area contributed by atoms with Gasteiger partial charge in [-0.2, -0.15) is 0 Å². The number of likely N-dealkylation sites (tertiary alicyclic amines) is 1. The Labute approximate surface area is 120 Å². The molecule has 106 valence electrons. The molecule has 0 aromatic heterocycles. The van der Waals surface area contributed by atoms with E-state index in [1.54, 1.807) is 12.1 Å². The molecule has 1 N–H and O–H groups in total. The fraction of sp³-hybridized carbons (Fsp3) is 0.600. The predicted octanol–water partition coefficient (Wildman–Crippen LogP) is 2.60. The fourth-order valence-corrected chi connectivity index (χ4v) is 3.31. The average Bonchev–Trinajstić information content (AvgIpc) is 2.81. The molecule has 3 rings (SSSR count). The van der Waals surface area contributed by atoms with Gasteiger partial charge in [0.05, 0.1) is 0 Å². The van der Waals surface area contributed by atoms with Crippen LogP contribution in [0.2, 0.25) is 0 Å². The molecule has 19 heavy (non-hydrogen) atoms. The first-order valence-electron chi connectivity index (χ1n) is 6.90. The third kappa shape index (κ3) is 3.28. The number of hydrogen-bond donors (Lipinski definition) is 1. The van der Waals surface area contributed by atoms with Crippen molar-refractivity contribution in [1.82, 2.24) is 10.2 Å². The molecule has 2 saturated heterocycles. The zero-order valence-electron chi connectivity index (χ0n) is 11.4. The molecule has 0 saturated carbocycles. The summed E-state index contributed by atoms with van der Waals surface area (Å²) in [5.74, 6) is 1.55. The Morgan fingerprint density at radius 3 is 2.95 bits per heavy atom. The maximum Gasteiger partial charge on any atom is 0.123 e. The van der Waals surface area contributed by atoms with E-state index in [4.69, 9.17) is 0 Å². The molecule has 0 radical (unpaired) electrons. The van der Waals surface area contributed by atoms with Crippen LogP contribution in [0.3, 0.4) is 0 Å². The van der Waals surface area contributed by atoms with Crippen molar-refractivity contribution in [3.8, 4) is 0 Å². The first-order chi connectivity index (χ1) is 8.72. The van der Waals surface area contributed by atoms with Crippen LogP contribution < -0.4 is 5.32 Å². The van der Waals surface area contributed by atoms with Gasteiger partial charge in [0.1, 0.15) is 5.82 Å². The largest absolute Gasteiger partial charge is 0.316 e. The van der Waals surface area contributed by atoms with Crippen molar-refractivity contribution in [3.63, 3.8) is 0 Å². The van der Waals surface area contributed by atoms with E-state index in [0.717, 1.165) is 43.6 Å². The summed E-state index contributed by atoms with van der Waals surface area (Å²) in [5.41, 5.74) is 2.34. The number of halogens is 2. The predicted molar refractivity (Wildman–Crippen MR) is 78.1 cm³/mol. The molecule has 0 aliphatic carbocycles. The second kappa shape index (κ2) is 6.21. The smallest absolute Gasteiger partial charge is 0.123 e. The highest BCUT2D eigenvalue weighted by atomic mass is 35.5. The molecule has 1 aromatic rings. The number of nitrogens with one attached hydrogen (secondary N) is 1. The van der Waals surface area contributed by atoms with Crippen molar-refractivity contribution in [1.29, 1.82) is 0 Å². The highest BCUT2D eigenvalue weighted by Gasteiger charge is 2.32. The van der Waals surface area contributed by atoms with Gasteiger partial charge in [0.2, 0.25) is 0 Å². The summed E-state index contributed by atoms with van der Waals surface area (Å²) in [6.45, 7) is 7.62. The summed E-state index contributed by atoms with van der Waals surface area (Å²) in [7, 11) is 0. The summed E-state index contributed by atoms with van der Waals surface area (Å²) >= 11 is 0. The third-order valence-electron chi connectivity index (χ3n) is 4.49. The lowest BCUT2D eigenvalue weighted by molar-refractivity contribution is 0.142. The van der Waals surface area contributed by atoms with Crippen LogP contribution in [0.15, 0.2) is 18.2 Å². The van der Waals surface area contributed by atoms with Crippen molar-refractivity contribution in [2.75, 3.05) is 26.2 Å². The van der Waals surface area contributed by atoms with Crippen molar-refractivity contribution in [2.24, 2.45) is 11.8 Å². The van der Waals surface area contributed by atoms with Crippen LogP contribution >= 0.6 is 12.4 Å². The highest BCUT2D eigenvalue weighted by molar-refractivity contribution is 5.85. The Morgan fingerprint density at radius 2 is 2.11 bits per heavy atom. The average molecular weight is 285 g/mol. The molecule has 2 aliphatic rings. The van der Waals surface area contributed by atoms with Gasteiger partial charge in [-0.15, -0.1) is 12.4 Å². The van der Waals surface area contributed by atoms with Crippen molar-refractivity contribution >= 4 is 12.4 Å². The summed E-state index contributed by atoms with van der Waals surface area (Å²) in [6.07, 6.45) is 1.28. The number of hydrogen-bond acceptors (Lipinski definition) is 2. The first kappa shape index (κ1) is 14.8. The summed E-state index contributed by atoms with van der Waals surface area (Å²) in [5, 5.41) is 3.48. The van der Waals surface area contributed by atoms with Crippen LogP contribution in [-0.4, -0.2) is 31.1 Å². The number of benzene rings is 1. The Bertz CT molecular complexity index is 438. The van der Waals surface area contributed by atoms with Crippen LogP contribution in [0.5, 0.6) is 0 Å². The van der Waals surface area contributed by atoms with Crippen LogP contribution in [-0.2, 0) is 6.54 Å². The van der Waals surface area contributed by atoms with Crippen LogP contribution in [0.1, 0.15) is 17.5 Å². The van der Waals surface area contributed by atoms with Gasteiger partial charge in [0.25, 0.3) is 0 Å². The second-order valence-electron chi connectivity index (χ2n) is 5.77. The molecule has 1 aromatic carbocycles. The zero-order chi connectivity index (χ0) is 12.5. The zero-order valence-corrected chi connectivity index (χ0v) is 12.2. The number of fused-ring (bicyclic) bond motifs is 1. The Balaban J connectivity index is 0.00000133. The molecular formula is C15H22ClFN2. The minimum absolute atomic E-state index is 0. The quantitative estimate of drug-likeness (QED) is 0.898. The molecule has 0 bridgehead atoms. The van der Waals surface area contributed by atoms with E-state index in [9.17, 15) is 4.39 Å². The van der Waals surface area contributed by atoms with E-state index in [0.29, 0.717) is 0 Å². The van der Waals surface area contributed by atoms with Crippen LogP contribution in [0.4, 0.5) is 4.39 Å². The molecule has 4 heteroatoms. The minimum atomic E-state index is -0.118. The summed E-state index contributed by atoms with van der Waals surface area (Å²) in [6, 6.07) is 5.12. The van der Waals surface area contributed by atoms with E-state index in [2.05, 4.69) is 17.1 Å². The van der Waals surface area contributed by atoms with Gasteiger partial charge in [0, 0.05) is 13.1 Å². The molecule has 2 aliphatic heterocycles. The summed E-state index contributed by atoms with van der Waals surface area (Å²) in [4.78, 5) is 2.48. The van der Waals surface area contributed by atoms with E-state index in [1.807, 2.05) is 6.07 Å². The molecule has 2 unspecified atom stereocenters. The number of rotatable bonds is 2. The van der Waals surface area contributed by atoms with Gasteiger partial charge >= 0.3 is 0 Å². The molecule has 2 nitrogen and oxygen atoms in total.